The first kappa shape index (κ1) is 22.3. The molecular formula is C14H12ClF6N3O3S. The Morgan fingerprint density at radius 2 is 1.86 bits per heavy atom. The molecule has 2 aromatic rings. The lowest BCUT2D eigenvalue weighted by Crippen LogP contribution is -2.22. The fourth-order valence-corrected chi connectivity index (χ4v) is 3.95. The quantitative estimate of drug-likeness (QED) is 0.511. The zero-order chi connectivity index (χ0) is 21.5. The van der Waals surface area contributed by atoms with E-state index in [1.807, 2.05) is 0 Å². The van der Waals surface area contributed by atoms with Gasteiger partial charge in [-0.1, -0.05) is 11.6 Å². The molecule has 6 nitrogen and oxygen atoms in total. The Labute approximate surface area is 160 Å². The van der Waals surface area contributed by atoms with Crippen LogP contribution in [0.3, 0.4) is 0 Å². The van der Waals surface area contributed by atoms with Crippen LogP contribution in [0.1, 0.15) is 21.5 Å². The zero-order valence-electron chi connectivity index (χ0n) is 14.1. The van der Waals surface area contributed by atoms with Crippen molar-refractivity contribution in [3.63, 3.8) is 0 Å². The molecule has 0 amide bonds. The van der Waals surface area contributed by atoms with Gasteiger partial charge in [-0.3, -0.25) is 0 Å². The molecule has 0 radical (unpaired) electrons. The highest BCUT2D eigenvalue weighted by Crippen LogP contribution is 2.44. The average Bonchev–Trinajstić information content (AvgIpc) is 2.88. The van der Waals surface area contributed by atoms with E-state index in [2.05, 4.69) is 14.8 Å². The van der Waals surface area contributed by atoms with E-state index in [0.29, 0.717) is 10.2 Å². The van der Waals surface area contributed by atoms with Crippen LogP contribution in [-0.2, 0) is 23.1 Å². The third-order valence-electron chi connectivity index (χ3n) is 3.35. The minimum absolute atomic E-state index is 0.346. The van der Waals surface area contributed by atoms with Gasteiger partial charge in [-0.25, -0.2) is 18.1 Å². The van der Waals surface area contributed by atoms with Crippen molar-refractivity contribution in [2.75, 3.05) is 6.61 Å². The molecule has 1 unspecified atom stereocenters. The molecule has 2 aromatic heterocycles. The van der Waals surface area contributed by atoms with E-state index in [1.165, 1.54) is 13.0 Å². The van der Waals surface area contributed by atoms with Crippen molar-refractivity contribution < 1.29 is 39.5 Å². The van der Waals surface area contributed by atoms with Gasteiger partial charge in [0.1, 0.15) is 0 Å². The summed E-state index contributed by atoms with van der Waals surface area (Å²) in [6, 6.07) is 2.50. The number of rotatable bonds is 5. The zero-order valence-corrected chi connectivity index (χ0v) is 15.7. The summed E-state index contributed by atoms with van der Waals surface area (Å²) in [4.78, 5) is 3.57. The van der Waals surface area contributed by atoms with Gasteiger partial charge in [-0.15, -0.1) is 0 Å². The van der Waals surface area contributed by atoms with Crippen LogP contribution in [0.5, 0.6) is 5.88 Å². The minimum atomic E-state index is -5.20. The summed E-state index contributed by atoms with van der Waals surface area (Å²) < 4.78 is 105. The van der Waals surface area contributed by atoms with Crippen LogP contribution in [0.4, 0.5) is 26.3 Å². The molecule has 156 valence electrons. The van der Waals surface area contributed by atoms with E-state index < -0.39 is 55.7 Å². The van der Waals surface area contributed by atoms with Crippen molar-refractivity contribution in [2.24, 2.45) is 7.05 Å². The van der Waals surface area contributed by atoms with E-state index >= 15 is 0 Å². The van der Waals surface area contributed by atoms with Crippen LogP contribution in [0.2, 0.25) is 0 Å². The number of hydrogen-bond donors (Lipinski definition) is 0. The van der Waals surface area contributed by atoms with Gasteiger partial charge in [-0.05, 0) is 24.6 Å². The molecule has 0 N–H and O–H groups in total. The molecule has 0 aromatic carbocycles. The molecule has 28 heavy (non-hydrogen) atoms. The molecule has 0 aliphatic rings. The summed E-state index contributed by atoms with van der Waals surface area (Å²) in [7, 11) is -3.85. The Hall–Kier alpha value is -2.02. The molecule has 0 saturated carbocycles. The number of aromatic nitrogens is 3. The first-order chi connectivity index (χ1) is 12.6. The lowest BCUT2D eigenvalue weighted by molar-refractivity contribution is -0.154. The monoisotopic (exact) mass is 451 g/mol. The number of aryl methyl sites for hydroxylation is 2. The van der Waals surface area contributed by atoms with Gasteiger partial charge in [0.2, 0.25) is 15.7 Å². The predicted octanol–water partition coefficient (Wildman–Crippen LogP) is 3.79. The first-order valence-electron chi connectivity index (χ1n) is 7.29. The summed E-state index contributed by atoms with van der Waals surface area (Å²) in [6.07, 6.45) is -8.99. The number of pyridine rings is 1. The number of halogens is 7. The molecule has 14 heteroatoms. The molecule has 0 bridgehead atoms. The minimum Gasteiger partial charge on any atom is -0.468 e. The second kappa shape index (κ2) is 7.43. The lowest BCUT2D eigenvalue weighted by Gasteiger charge is -2.16. The van der Waals surface area contributed by atoms with E-state index in [0.717, 1.165) is 19.3 Å². The van der Waals surface area contributed by atoms with E-state index in [4.69, 9.17) is 11.6 Å². The third kappa shape index (κ3) is 4.69. The second-order valence-electron chi connectivity index (χ2n) is 5.63. The molecule has 0 fully saturated rings. The Bertz CT molecular complexity index is 972. The molecule has 2 rings (SSSR count). The smallest absolute Gasteiger partial charge is 0.435 e. The molecule has 0 spiro atoms. The van der Waals surface area contributed by atoms with Gasteiger partial charge in [0.25, 0.3) is 0 Å². The lowest BCUT2D eigenvalue weighted by atomic mass is 10.2. The highest BCUT2D eigenvalue weighted by molar-refractivity contribution is 7.92. The number of hydrogen-bond acceptors (Lipinski definition) is 5. The number of alkyl halides is 7. The fraction of sp³-hybridized carbons (Fsp3) is 0.429. The Balaban J connectivity index is 2.64. The van der Waals surface area contributed by atoms with Gasteiger partial charge in [0.05, 0.1) is 5.56 Å². The summed E-state index contributed by atoms with van der Waals surface area (Å²) in [5.74, 6) is -1.07. The molecule has 2 heterocycles. The average molecular weight is 452 g/mol. The van der Waals surface area contributed by atoms with Crippen molar-refractivity contribution >= 4 is 21.4 Å². The number of sulfone groups is 1. The summed E-state index contributed by atoms with van der Waals surface area (Å²) >= 11 is 5.82. The summed E-state index contributed by atoms with van der Waals surface area (Å²) in [6.45, 7) is -0.462. The van der Waals surface area contributed by atoms with Gasteiger partial charge in [-0.2, -0.15) is 31.4 Å². The first-order valence-corrected chi connectivity index (χ1v) is 9.27. The topological polar surface area (TPSA) is 74.1 Å². The van der Waals surface area contributed by atoms with E-state index in [1.54, 1.807) is 0 Å². The maximum atomic E-state index is 13.3. The molecule has 1 atom stereocenters. The van der Waals surface area contributed by atoms with Gasteiger partial charge in [0.15, 0.2) is 22.0 Å². The van der Waals surface area contributed by atoms with Crippen molar-refractivity contribution in [3.8, 4) is 5.88 Å². The van der Waals surface area contributed by atoms with Crippen LogP contribution in [0.25, 0.3) is 0 Å². The Morgan fingerprint density at radius 3 is 2.36 bits per heavy atom. The van der Waals surface area contributed by atoms with Crippen LogP contribution < -0.4 is 4.74 Å². The SMILES string of the molecule is Cc1ccnc(S(=O)(=O)C(Cl)c2c(C(F)(F)F)nn(C)c2OCC(F)(F)F)c1. The standard InChI is InChI=1S/C14H12ClF6N3O3S/c1-7-3-4-22-8(5-7)28(25,26)11(15)9-10(14(19,20)21)23-24(2)12(9)27-6-13(16,17)18/h3-5,11H,6H2,1-2H3. The summed E-state index contributed by atoms with van der Waals surface area (Å²) in [5.41, 5.74) is -2.60. The Morgan fingerprint density at radius 1 is 1.25 bits per heavy atom. The molecular weight excluding hydrogens is 440 g/mol. The molecule has 0 aliphatic carbocycles. The Kier molecular flexibility index (Phi) is 5.91. The highest BCUT2D eigenvalue weighted by atomic mass is 35.5. The van der Waals surface area contributed by atoms with Crippen LogP contribution in [-0.4, -0.2) is 36.0 Å². The van der Waals surface area contributed by atoms with Crippen molar-refractivity contribution in [2.45, 2.75) is 29.0 Å². The van der Waals surface area contributed by atoms with Crippen molar-refractivity contribution in [1.82, 2.24) is 14.8 Å². The van der Waals surface area contributed by atoms with Crippen LogP contribution >= 0.6 is 11.6 Å². The highest BCUT2D eigenvalue weighted by Gasteiger charge is 2.46. The van der Waals surface area contributed by atoms with Crippen molar-refractivity contribution in [3.05, 3.63) is 35.2 Å². The van der Waals surface area contributed by atoms with Gasteiger partial charge < -0.3 is 4.74 Å². The summed E-state index contributed by atoms with van der Waals surface area (Å²) in [5, 5.41) is 2.41. The molecule has 0 aliphatic heterocycles. The molecule has 0 saturated heterocycles. The maximum Gasteiger partial charge on any atom is 0.435 e. The van der Waals surface area contributed by atoms with Crippen LogP contribution in [0.15, 0.2) is 23.4 Å². The third-order valence-corrected chi connectivity index (χ3v) is 5.86. The van der Waals surface area contributed by atoms with E-state index in [-0.39, 0.29) is 0 Å². The number of ether oxygens (including phenoxy) is 1. The fourth-order valence-electron chi connectivity index (χ4n) is 2.19. The maximum absolute atomic E-state index is 13.3. The largest absolute Gasteiger partial charge is 0.468 e. The van der Waals surface area contributed by atoms with Gasteiger partial charge in [0, 0.05) is 13.2 Å². The predicted molar refractivity (Wildman–Crippen MR) is 84.5 cm³/mol. The normalized spacial score (nSPS) is 14.2. The van der Waals surface area contributed by atoms with Crippen molar-refractivity contribution in [1.29, 1.82) is 0 Å². The number of nitrogens with zero attached hydrogens (tertiary/aromatic N) is 3. The van der Waals surface area contributed by atoms with Crippen LogP contribution in [0, 0.1) is 6.92 Å². The van der Waals surface area contributed by atoms with E-state index in [9.17, 15) is 34.8 Å². The second-order valence-corrected chi connectivity index (χ2v) is 8.30. The van der Waals surface area contributed by atoms with Gasteiger partial charge >= 0.3 is 12.4 Å².